The second-order valence-electron chi connectivity index (χ2n) is 10.1. The van der Waals surface area contributed by atoms with Gasteiger partial charge in [0, 0.05) is 17.7 Å². The molecule has 0 unspecified atom stereocenters. The van der Waals surface area contributed by atoms with Gasteiger partial charge in [-0.2, -0.15) is 13.2 Å². The topological polar surface area (TPSA) is 72.5 Å². The largest absolute Gasteiger partial charge is 0.501 e. The molecule has 0 heterocycles. The first kappa shape index (κ1) is 29.7. The van der Waals surface area contributed by atoms with Gasteiger partial charge < -0.3 is 10.1 Å². The Morgan fingerprint density at radius 1 is 0.944 bits per heavy atom. The quantitative estimate of drug-likeness (QED) is 0.336. The highest BCUT2D eigenvalue weighted by Gasteiger charge is 2.47. The van der Waals surface area contributed by atoms with Crippen molar-refractivity contribution in [1.82, 2.24) is 5.32 Å². The highest BCUT2D eigenvalue weighted by molar-refractivity contribution is 7.92. The summed E-state index contributed by atoms with van der Waals surface area (Å²) >= 11 is 0. The highest BCUT2D eigenvalue weighted by Crippen LogP contribution is 2.38. The number of alkyl halides is 3. The summed E-state index contributed by atoms with van der Waals surface area (Å²) in [6.45, 7) is 13.6. The van der Waals surface area contributed by atoms with Crippen LogP contribution in [0, 0.1) is 0 Å². The molecule has 1 N–H and O–H groups in total. The monoisotopic (exact) mass is 527 g/mol. The molecule has 2 aromatic rings. The summed E-state index contributed by atoms with van der Waals surface area (Å²) in [6.07, 6.45) is 2.39. The van der Waals surface area contributed by atoms with Gasteiger partial charge in [-0.05, 0) is 59.9 Å². The minimum absolute atomic E-state index is 0.0398. The van der Waals surface area contributed by atoms with Crippen LogP contribution in [0.4, 0.5) is 13.2 Å². The van der Waals surface area contributed by atoms with E-state index >= 15 is 0 Å². The average Bonchev–Trinajstić information content (AvgIpc) is 2.83. The fourth-order valence-electron chi connectivity index (χ4n) is 3.50. The van der Waals surface area contributed by atoms with Gasteiger partial charge in [-0.3, -0.25) is 4.79 Å². The molecule has 0 radical (unpaired) electrons. The van der Waals surface area contributed by atoms with Crippen molar-refractivity contribution in [2.45, 2.75) is 82.0 Å². The molecule has 5 nitrogen and oxygen atoms in total. The number of carbonyl (C=O) groups excluding carboxylic acids is 1. The van der Waals surface area contributed by atoms with Gasteiger partial charge in [0.1, 0.15) is 5.75 Å². The van der Waals surface area contributed by atoms with E-state index in [4.69, 9.17) is 4.74 Å². The molecular weight excluding hydrogens is 491 g/mol. The fourth-order valence-corrected chi connectivity index (χ4v) is 4.30. The molecule has 36 heavy (non-hydrogen) atoms. The third kappa shape index (κ3) is 6.81. The molecule has 0 aromatic heterocycles. The van der Waals surface area contributed by atoms with Gasteiger partial charge in [0.2, 0.25) is 0 Å². The predicted molar refractivity (Wildman–Crippen MR) is 135 cm³/mol. The van der Waals surface area contributed by atoms with E-state index in [1.54, 1.807) is 0 Å². The summed E-state index contributed by atoms with van der Waals surface area (Å²) in [7, 11) is -5.52. The molecule has 9 heteroatoms. The zero-order valence-corrected chi connectivity index (χ0v) is 22.6. The van der Waals surface area contributed by atoms with Gasteiger partial charge in [-0.15, -0.1) is 0 Å². The molecule has 0 bridgehead atoms. The Morgan fingerprint density at radius 2 is 1.58 bits per heavy atom. The van der Waals surface area contributed by atoms with E-state index in [9.17, 15) is 26.4 Å². The van der Waals surface area contributed by atoms with Crippen LogP contribution in [0.2, 0.25) is 0 Å². The van der Waals surface area contributed by atoms with E-state index in [1.807, 2.05) is 6.07 Å². The van der Waals surface area contributed by atoms with Crippen LogP contribution in [0.1, 0.15) is 82.3 Å². The SMILES string of the molecule is CCC(C)(C)c1ccc(OCCCNC(=O)c2cccc(S(=O)(=O)C(F)(F)F)c2)c(C(C)(C)CC)c1. The molecule has 0 fully saturated rings. The highest BCUT2D eigenvalue weighted by atomic mass is 32.2. The lowest BCUT2D eigenvalue weighted by molar-refractivity contribution is -0.0436. The maximum atomic E-state index is 12.8. The standard InChI is InChI=1S/C27H36F3NO4S/c1-7-25(3,4)20-13-14-23(22(18-20)26(5,6)8-2)35-16-10-15-31-24(32)19-11-9-12-21(17-19)36(33,34)27(28,29)30/h9,11-14,17-18H,7-8,10,15-16H2,1-6H3,(H,31,32). The lowest BCUT2D eigenvalue weighted by Gasteiger charge is -2.30. The average molecular weight is 528 g/mol. The number of ether oxygens (including phenoxy) is 1. The number of hydrogen-bond donors (Lipinski definition) is 1. The molecule has 0 aliphatic heterocycles. The molecule has 0 saturated heterocycles. The predicted octanol–water partition coefficient (Wildman–Crippen LogP) is 6.55. The summed E-state index contributed by atoms with van der Waals surface area (Å²) in [4.78, 5) is 11.4. The zero-order chi connectivity index (χ0) is 27.4. The first-order valence-electron chi connectivity index (χ1n) is 12.0. The lowest BCUT2D eigenvalue weighted by atomic mass is 9.76. The minimum atomic E-state index is -5.52. The summed E-state index contributed by atoms with van der Waals surface area (Å²) in [6, 6.07) is 10.2. The summed E-state index contributed by atoms with van der Waals surface area (Å²) < 4.78 is 67.7. The van der Waals surface area contributed by atoms with Crippen LogP contribution in [0.15, 0.2) is 47.4 Å². The molecule has 2 aromatic carbocycles. The summed E-state index contributed by atoms with van der Waals surface area (Å²) in [5, 5.41) is 2.60. The van der Waals surface area contributed by atoms with E-state index in [-0.39, 0.29) is 22.9 Å². The van der Waals surface area contributed by atoms with Crippen molar-refractivity contribution < 1.29 is 31.1 Å². The molecule has 2 rings (SSSR count). The van der Waals surface area contributed by atoms with Gasteiger partial charge in [-0.25, -0.2) is 8.42 Å². The number of sulfone groups is 1. The van der Waals surface area contributed by atoms with E-state index in [0.29, 0.717) is 13.0 Å². The third-order valence-electron chi connectivity index (χ3n) is 6.83. The molecule has 1 amide bonds. The van der Waals surface area contributed by atoms with Crippen LogP contribution in [0.3, 0.4) is 0 Å². The second kappa shape index (κ2) is 11.2. The number of halogens is 3. The normalized spacial score (nSPS) is 12.9. The number of carbonyl (C=O) groups is 1. The van der Waals surface area contributed by atoms with Crippen LogP contribution >= 0.6 is 0 Å². The van der Waals surface area contributed by atoms with Crippen molar-refractivity contribution in [3.63, 3.8) is 0 Å². The van der Waals surface area contributed by atoms with Crippen molar-refractivity contribution in [3.8, 4) is 5.75 Å². The zero-order valence-electron chi connectivity index (χ0n) is 21.8. The Labute approximate surface area is 212 Å². The van der Waals surface area contributed by atoms with Gasteiger partial charge >= 0.3 is 5.51 Å². The van der Waals surface area contributed by atoms with Crippen molar-refractivity contribution in [2.75, 3.05) is 13.2 Å². The molecule has 0 atom stereocenters. The third-order valence-corrected chi connectivity index (χ3v) is 8.32. The molecular formula is C27H36F3NO4S. The maximum absolute atomic E-state index is 12.8. The lowest BCUT2D eigenvalue weighted by Crippen LogP contribution is -2.27. The van der Waals surface area contributed by atoms with Crippen LogP contribution < -0.4 is 10.1 Å². The summed E-state index contributed by atoms with van der Waals surface area (Å²) in [5.74, 6) is 0.127. The number of benzene rings is 2. The van der Waals surface area contributed by atoms with E-state index in [1.165, 1.54) is 11.6 Å². The van der Waals surface area contributed by atoms with Crippen molar-refractivity contribution >= 4 is 15.7 Å². The first-order valence-corrected chi connectivity index (χ1v) is 13.5. The van der Waals surface area contributed by atoms with Crippen LogP contribution in [-0.2, 0) is 20.7 Å². The molecule has 0 aliphatic rings. The molecule has 200 valence electrons. The van der Waals surface area contributed by atoms with E-state index < -0.39 is 26.1 Å². The van der Waals surface area contributed by atoms with Gasteiger partial charge in [0.05, 0.1) is 11.5 Å². The molecule has 0 aliphatic carbocycles. The van der Waals surface area contributed by atoms with Crippen molar-refractivity contribution in [2.24, 2.45) is 0 Å². The van der Waals surface area contributed by atoms with E-state index in [2.05, 4.69) is 59.0 Å². The molecule has 0 spiro atoms. The van der Waals surface area contributed by atoms with Crippen LogP contribution in [0.25, 0.3) is 0 Å². The minimum Gasteiger partial charge on any atom is -0.493 e. The van der Waals surface area contributed by atoms with Crippen molar-refractivity contribution in [1.29, 1.82) is 0 Å². The molecule has 0 saturated carbocycles. The van der Waals surface area contributed by atoms with Crippen LogP contribution in [0.5, 0.6) is 5.75 Å². The number of rotatable bonds is 11. The number of nitrogens with one attached hydrogen (secondary N) is 1. The Kier molecular flexibility index (Phi) is 9.26. The van der Waals surface area contributed by atoms with Gasteiger partial charge in [0.25, 0.3) is 15.7 Å². The van der Waals surface area contributed by atoms with E-state index in [0.717, 1.165) is 42.4 Å². The number of amides is 1. The maximum Gasteiger partial charge on any atom is 0.501 e. The van der Waals surface area contributed by atoms with Crippen molar-refractivity contribution in [3.05, 3.63) is 59.2 Å². The second-order valence-corrected chi connectivity index (χ2v) is 12.1. The smallest absolute Gasteiger partial charge is 0.493 e. The number of hydrogen-bond acceptors (Lipinski definition) is 4. The Morgan fingerprint density at radius 3 is 2.17 bits per heavy atom. The Bertz CT molecular complexity index is 1170. The Hall–Kier alpha value is -2.55. The summed E-state index contributed by atoms with van der Waals surface area (Å²) in [5.41, 5.74) is -3.28. The van der Waals surface area contributed by atoms with Crippen LogP contribution in [-0.4, -0.2) is 33.0 Å². The Balaban J connectivity index is 2.03. The first-order chi connectivity index (χ1) is 16.6. The fraction of sp³-hybridized carbons (Fsp3) is 0.519. The van der Waals surface area contributed by atoms with Gasteiger partial charge in [0.15, 0.2) is 0 Å². The van der Waals surface area contributed by atoms with Gasteiger partial charge in [-0.1, -0.05) is 59.7 Å².